The van der Waals surface area contributed by atoms with Gasteiger partial charge in [-0.25, -0.2) is 0 Å². The van der Waals surface area contributed by atoms with Crippen LogP contribution in [0.5, 0.6) is 0 Å². The number of pyridine rings is 1. The lowest BCUT2D eigenvalue weighted by atomic mass is 10.1. The van der Waals surface area contributed by atoms with E-state index in [2.05, 4.69) is 40.3 Å². The first-order valence-corrected chi connectivity index (χ1v) is 9.80. The molecule has 2 aliphatic heterocycles. The number of nitrogens with one attached hydrogen (secondary N) is 1. The number of aromatic nitrogens is 1. The van der Waals surface area contributed by atoms with Crippen LogP contribution < -0.4 is 10.2 Å². The standard InChI is InChI=1S/C23H21N5O/c1-15-13-28(20-9-8-16(11-24)22-18(20)6-4-10-25-22)14-21(29-15)23-26-12-17-5-2-3-7-19(17)27-23/h2-10,15,21H,12-14H2,1H3,(H,26,27). The van der Waals surface area contributed by atoms with E-state index < -0.39 is 0 Å². The van der Waals surface area contributed by atoms with Crippen molar-refractivity contribution in [1.29, 1.82) is 5.26 Å². The summed E-state index contributed by atoms with van der Waals surface area (Å²) in [5.74, 6) is 0.872. The molecule has 0 aliphatic carbocycles. The van der Waals surface area contributed by atoms with E-state index in [1.165, 1.54) is 5.56 Å². The molecule has 2 aromatic carbocycles. The van der Waals surface area contributed by atoms with Crippen molar-refractivity contribution in [3.63, 3.8) is 0 Å². The molecule has 0 bridgehead atoms. The van der Waals surface area contributed by atoms with Gasteiger partial charge in [-0.05, 0) is 42.8 Å². The SMILES string of the molecule is CC1CN(c2ccc(C#N)c3ncccc23)CC(C2=NCc3ccccc3N2)O1. The summed E-state index contributed by atoms with van der Waals surface area (Å²) in [5, 5.41) is 13.9. The molecule has 1 saturated heterocycles. The molecule has 3 aromatic rings. The second-order valence-corrected chi connectivity index (χ2v) is 7.47. The van der Waals surface area contributed by atoms with Crippen molar-refractivity contribution in [3.8, 4) is 6.07 Å². The van der Waals surface area contributed by atoms with Crippen molar-refractivity contribution in [1.82, 2.24) is 4.98 Å². The molecule has 1 N–H and O–H groups in total. The maximum atomic E-state index is 9.42. The number of hydrogen-bond acceptors (Lipinski definition) is 6. The number of benzene rings is 2. The molecule has 29 heavy (non-hydrogen) atoms. The Bertz CT molecular complexity index is 1150. The average Bonchev–Trinajstić information content (AvgIpc) is 2.77. The van der Waals surface area contributed by atoms with Gasteiger partial charge in [-0.15, -0.1) is 0 Å². The number of aliphatic imine (C=N–C) groups is 1. The molecule has 3 heterocycles. The van der Waals surface area contributed by atoms with Crippen molar-refractivity contribution in [2.75, 3.05) is 23.3 Å². The van der Waals surface area contributed by atoms with Crippen LogP contribution in [0.3, 0.4) is 0 Å². The molecule has 6 nitrogen and oxygen atoms in total. The monoisotopic (exact) mass is 383 g/mol. The Hall–Kier alpha value is -3.43. The van der Waals surface area contributed by atoms with Gasteiger partial charge in [0.1, 0.15) is 18.0 Å². The number of nitriles is 1. The van der Waals surface area contributed by atoms with E-state index in [1.54, 1.807) is 6.20 Å². The maximum absolute atomic E-state index is 9.42. The summed E-state index contributed by atoms with van der Waals surface area (Å²) >= 11 is 0. The molecule has 2 aliphatic rings. The minimum absolute atomic E-state index is 0.0535. The van der Waals surface area contributed by atoms with Crippen LogP contribution in [0.1, 0.15) is 18.1 Å². The first-order valence-electron chi connectivity index (χ1n) is 9.80. The number of nitrogens with zero attached hydrogens (tertiary/aromatic N) is 4. The fraction of sp³-hybridized carbons (Fsp3) is 0.261. The summed E-state index contributed by atoms with van der Waals surface area (Å²) in [4.78, 5) is 11.5. The van der Waals surface area contributed by atoms with Crippen molar-refractivity contribution < 1.29 is 4.74 Å². The minimum Gasteiger partial charge on any atom is -0.365 e. The van der Waals surface area contributed by atoms with Gasteiger partial charge in [0, 0.05) is 29.5 Å². The van der Waals surface area contributed by atoms with Gasteiger partial charge >= 0.3 is 0 Å². The van der Waals surface area contributed by atoms with Crippen LogP contribution in [0.25, 0.3) is 10.9 Å². The van der Waals surface area contributed by atoms with Crippen LogP contribution in [0.2, 0.25) is 0 Å². The summed E-state index contributed by atoms with van der Waals surface area (Å²) in [6.07, 6.45) is 1.64. The number of rotatable bonds is 2. The fourth-order valence-corrected chi connectivity index (χ4v) is 4.13. The lowest BCUT2D eigenvalue weighted by Crippen LogP contribution is -2.51. The molecule has 6 heteroatoms. The molecule has 2 atom stereocenters. The largest absolute Gasteiger partial charge is 0.365 e. The number of morpholine rings is 1. The molecular formula is C23H21N5O. The highest BCUT2D eigenvalue weighted by Gasteiger charge is 2.31. The summed E-state index contributed by atoms with van der Waals surface area (Å²) in [7, 11) is 0. The summed E-state index contributed by atoms with van der Waals surface area (Å²) in [6, 6.07) is 18.3. The van der Waals surface area contributed by atoms with Crippen LogP contribution in [-0.4, -0.2) is 36.1 Å². The van der Waals surface area contributed by atoms with Gasteiger partial charge in [0.25, 0.3) is 0 Å². The molecular weight excluding hydrogens is 362 g/mol. The van der Waals surface area contributed by atoms with Crippen LogP contribution in [0.15, 0.2) is 59.7 Å². The highest BCUT2D eigenvalue weighted by Crippen LogP contribution is 2.31. The smallest absolute Gasteiger partial charge is 0.133 e. The van der Waals surface area contributed by atoms with E-state index in [0.29, 0.717) is 18.7 Å². The van der Waals surface area contributed by atoms with E-state index in [1.807, 2.05) is 36.4 Å². The van der Waals surface area contributed by atoms with Crippen LogP contribution in [0.4, 0.5) is 11.4 Å². The van der Waals surface area contributed by atoms with Crippen molar-refractivity contribution in [3.05, 3.63) is 65.9 Å². The van der Waals surface area contributed by atoms with Gasteiger partial charge in [0.2, 0.25) is 0 Å². The molecule has 144 valence electrons. The Labute approximate surface area is 169 Å². The molecule has 5 rings (SSSR count). The van der Waals surface area contributed by atoms with Gasteiger partial charge < -0.3 is 15.0 Å². The van der Waals surface area contributed by atoms with Gasteiger partial charge in [-0.1, -0.05) is 18.2 Å². The topological polar surface area (TPSA) is 73.5 Å². The zero-order valence-corrected chi connectivity index (χ0v) is 16.2. The van der Waals surface area contributed by atoms with Gasteiger partial charge in [0.05, 0.1) is 30.3 Å². The van der Waals surface area contributed by atoms with Crippen LogP contribution >= 0.6 is 0 Å². The lowest BCUT2D eigenvalue weighted by Gasteiger charge is -2.39. The fourth-order valence-electron chi connectivity index (χ4n) is 4.13. The van der Waals surface area contributed by atoms with Gasteiger partial charge in [-0.3, -0.25) is 9.98 Å². The van der Waals surface area contributed by atoms with Crippen molar-refractivity contribution in [2.24, 2.45) is 4.99 Å². The zero-order valence-electron chi connectivity index (χ0n) is 16.2. The number of amidine groups is 1. The maximum Gasteiger partial charge on any atom is 0.133 e. The Balaban J connectivity index is 1.47. The molecule has 0 saturated carbocycles. The quantitative estimate of drug-likeness (QED) is 0.730. The first-order chi connectivity index (χ1) is 14.2. The molecule has 2 unspecified atom stereocenters. The minimum atomic E-state index is -0.144. The highest BCUT2D eigenvalue weighted by molar-refractivity contribution is 6.01. The summed E-state index contributed by atoms with van der Waals surface area (Å²) in [6.45, 7) is 4.21. The predicted molar refractivity (Wildman–Crippen MR) is 114 cm³/mol. The third-order valence-corrected chi connectivity index (χ3v) is 5.47. The van der Waals surface area contributed by atoms with Crippen LogP contribution in [-0.2, 0) is 11.3 Å². The van der Waals surface area contributed by atoms with E-state index in [9.17, 15) is 5.26 Å². The highest BCUT2D eigenvalue weighted by atomic mass is 16.5. The lowest BCUT2D eigenvalue weighted by molar-refractivity contribution is 0.0204. The molecule has 0 radical (unpaired) electrons. The predicted octanol–water partition coefficient (Wildman–Crippen LogP) is 3.72. The summed E-state index contributed by atoms with van der Waals surface area (Å²) in [5.41, 5.74) is 4.70. The van der Waals surface area contributed by atoms with Gasteiger partial charge in [-0.2, -0.15) is 5.26 Å². The third kappa shape index (κ3) is 3.20. The molecule has 0 spiro atoms. The zero-order chi connectivity index (χ0) is 19.8. The molecule has 0 amide bonds. The Kier molecular flexibility index (Phi) is 4.38. The summed E-state index contributed by atoms with van der Waals surface area (Å²) < 4.78 is 6.25. The number of fused-ring (bicyclic) bond motifs is 2. The normalized spacial score (nSPS) is 21.1. The third-order valence-electron chi connectivity index (χ3n) is 5.47. The Morgan fingerprint density at radius 3 is 2.93 bits per heavy atom. The number of para-hydroxylation sites is 1. The Morgan fingerprint density at radius 2 is 2.03 bits per heavy atom. The molecule has 1 aromatic heterocycles. The number of hydrogen-bond donors (Lipinski definition) is 1. The van der Waals surface area contributed by atoms with Gasteiger partial charge in [0.15, 0.2) is 0 Å². The van der Waals surface area contributed by atoms with Crippen molar-refractivity contribution >= 4 is 28.1 Å². The first kappa shape index (κ1) is 17.7. The van der Waals surface area contributed by atoms with E-state index >= 15 is 0 Å². The van der Waals surface area contributed by atoms with E-state index in [4.69, 9.17) is 9.73 Å². The average molecular weight is 383 g/mol. The second kappa shape index (κ2) is 7.19. The van der Waals surface area contributed by atoms with E-state index in [0.717, 1.165) is 34.7 Å². The number of anilines is 2. The Morgan fingerprint density at radius 1 is 1.14 bits per heavy atom. The van der Waals surface area contributed by atoms with Crippen molar-refractivity contribution in [2.45, 2.75) is 25.7 Å². The van der Waals surface area contributed by atoms with E-state index in [-0.39, 0.29) is 12.2 Å². The molecule has 1 fully saturated rings. The van der Waals surface area contributed by atoms with Crippen LogP contribution in [0, 0.1) is 11.3 Å². The second-order valence-electron chi connectivity index (χ2n) is 7.47. The number of ether oxygens (including phenoxy) is 1.